The minimum absolute atomic E-state index is 0.125. The molecule has 0 radical (unpaired) electrons. The molecule has 0 amide bonds. The average molecular weight is 242 g/mol. The number of rotatable bonds is 4. The van der Waals surface area contributed by atoms with Crippen LogP contribution in [0.4, 0.5) is 11.4 Å². The van der Waals surface area contributed by atoms with Gasteiger partial charge in [-0.05, 0) is 23.8 Å². The van der Waals surface area contributed by atoms with E-state index in [0.29, 0.717) is 6.54 Å². The summed E-state index contributed by atoms with van der Waals surface area (Å²) in [5, 5.41) is 12.1. The highest BCUT2D eigenvalue weighted by Gasteiger charge is 2.07. The van der Waals surface area contributed by atoms with E-state index in [2.05, 4.69) is 5.32 Å². The molecule has 4 N–H and O–H groups in total. The normalized spacial score (nSPS) is 10.0. The van der Waals surface area contributed by atoms with Gasteiger partial charge < -0.3 is 16.2 Å². The van der Waals surface area contributed by atoms with E-state index in [1.807, 2.05) is 30.3 Å². The van der Waals surface area contributed by atoms with Crippen LogP contribution in [0.1, 0.15) is 15.9 Å². The van der Waals surface area contributed by atoms with Crippen LogP contribution in [0.25, 0.3) is 0 Å². The fraction of sp³-hybridized carbons (Fsp3) is 0.0714. The number of benzene rings is 2. The minimum Gasteiger partial charge on any atom is -0.478 e. The third kappa shape index (κ3) is 2.79. The molecule has 0 spiro atoms. The van der Waals surface area contributed by atoms with Crippen molar-refractivity contribution in [1.82, 2.24) is 0 Å². The summed E-state index contributed by atoms with van der Waals surface area (Å²) in [6.45, 7) is 0.673. The van der Waals surface area contributed by atoms with E-state index < -0.39 is 5.97 Å². The van der Waals surface area contributed by atoms with E-state index in [-0.39, 0.29) is 11.3 Å². The second kappa shape index (κ2) is 5.23. The van der Waals surface area contributed by atoms with Gasteiger partial charge in [0.05, 0.1) is 5.56 Å². The molecule has 0 fully saturated rings. The predicted molar refractivity (Wildman–Crippen MR) is 71.6 cm³/mol. The Morgan fingerprint density at radius 1 is 1.17 bits per heavy atom. The summed E-state index contributed by atoms with van der Waals surface area (Å²) in [6, 6.07) is 14.8. The SMILES string of the molecule is Nc1cc(NCc2ccccc2)ccc1C(=O)O. The second-order valence-corrected chi connectivity index (χ2v) is 3.95. The van der Waals surface area contributed by atoms with Crippen molar-refractivity contribution in [3.63, 3.8) is 0 Å². The molecule has 0 aliphatic heterocycles. The van der Waals surface area contributed by atoms with E-state index in [9.17, 15) is 4.79 Å². The summed E-state index contributed by atoms with van der Waals surface area (Å²) in [5.41, 5.74) is 8.02. The zero-order valence-corrected chi connectivity index (χ0v) is 9.76. The molecule has 0 aliphatic carbocycles. The maximum atomic E-state index is 10.8. The highest BCUT2D eigenvalue weighted by molar-refractivity contribution is 5.94. The lowest BCUT2D eigenvalue weighted by Gasteiger charge is -2.08. The Balaban J connectivity index is 2.07. The lowest BCUT2D eigenvalue weighted by molar-refractivity contribution is 0.0698. The van der Waals surface area contributed by atoms with E-state index in [1.165, 1.54) is 6.07 Å². The molecule has 0 aliphatic rings. The van der Waals surface area contributed by atoms with Crippen LogP contribution in [0, 0.1) is 0 Å². The lowest BCUT2D eigenvalue weighted by Crippen LogP contribution is -2.04. The summed E-state index contributed by atoms with van der Waals surface area (Å²) in [4.78, 5) is 10.8. The molecular weight excluding hydrogens is 228 g/mol. The molecule has 2 aromatic rings. The Hall–Kier alpha value is -2.49. The van der Waals surface area contributed by atoms with E-state index >= 15 is 0 Å². The minimum atomic E-state index is -1.01. The number of aromatic carboxylic acids is 1. The van der Waals surface area contributed by atoms with Crippen molar-refractivity contribution < 1.29 is 9.90 Å². The monoisotopic (exact) mass is 242 g/mol. The highest BCUT2D eigenvalue weighted by atomic mass is 16.4. The number of anilines is 2. The number of carbonyl (C=O) groups is 1. The standard InChI is InChI=1S/C14H14N2O2/c15-13-8-11(6-7-12(13)14(17)18)16-9-10-4-2-1-3-5-10/h1-8,16H,9,15H2,(H,17,18). The van der Waals surface area contributed by atoms with Crippen LogP contribution in [0.5, 0.6) is 0 Å². The van der Waals surface area contributed by atoms with Crippen LogP contribution in [0.3, 0.4) is 0 Å². The van der Waals surface area contributed by atoms with E-state index in [4.69, 9.17) is 10.8 Å². The summed E-state index contributed by atoms with van der Waals surface area (Å²) >= 11 is 0. The molecule has 0 aromatic heterocycles. The number of nitrogens with one attached hydrogen (secondary N) is 1. The number of nitrogens with two attached hydrogens (primary N) is 1. The van der Waals surface area contributed by atoms with Gasteiger partial charge in [-0.3, -0.25) is 0 Å². The molecule has 0 unspecified atom stereocenters. The van der Waals surface area contributed by atoms with Gasteiger partial charge in [0.1, 0.15) is 0 Å². The van der Waals surface area contributed by atoms with E-state index in [1.54, 1.807) is 12.1 Å². The molecule has 0 saturated carbocycles. The second-order valence-electron chi connectivity index (χ2n) is 3.95. The number of nitrogen functional groups attached to an aromatic ring is 1. The van der Waals surface area contributed by atoms with Gasteiger partial charge in [-0.2, -0.15) is 0 Å². The molecule has 4 nitrogen and oxygen atoms in total. The van der Waals surface area contributed by atoms with Crippen LogP contribution in [-0.4, -0.2) is 11.1 Å². The molecule has 0 bridgehead atoms. The number of hydrogen-bond donors (Lipinski definition) is 3. The average Bonchev–Trinajstić information content (AvgIpc) is 2.37. The largest absolute Gasteiger partial charge is 0.478 e. The molecule has 2 aromatic carbocycles. The first-order valence-electron chi connectivity index (χ1n) is 5.57. The van der Waals surface area contributed by atoms with Crippen LogP contribution in [-0.2, 0) is 6.54 Å². The zero-order chi connectivity index (χ0) is 13.0. The molecule has 4 heteroatoms. The molecule has 0 atom stereocenters. The molecule has 2 rings (SSSR count). The maximum Gasteiger partial charge on any atom is 0.337 e. The third-order valence-corrected chi connectivity index (χ3v) is 2.62. The first-order chi connectivity index (χ1) is 8.66. The zero-order valence-electron chi connectivity index (χ0n) is 9.76. The summed E-state index contributed by atoms with van der Waals surface area (Å²) in [5.74, 6) is -1.01. The highest BCUT2D eigenvalue weighted by Crippen LogP contribution is 2.18. The Morgan fingerprint density at radius 3 is 2.50 bits per heavy atom. The van der Waals surface area contributed by atoms with E-state index in [0.717, 1.165) is 11.3 Å². The van der Waals surface area contributed by atoms with Crippen molar-refractivity contribution in [2.75, 3.05) is 11.1 Å². The van der Waals surface area contributed by atoms with Gasteiger partial charge in [0.2, 0.25) is 0 Å². The quantitative estimate of drug-likeness (QED) is 0.720. The Bertz CT molecular complexity index is 553. The fourth-order valence-corrected chi connectivity index (χ4v) is 1.67. The van der Waals surface area contributed by atoms with Gasteiger partial charge in [0.25, 0.3) is 0 Å². The Labute approximate surface area is 105 Å². The van der Waals surface area contributed by atoms with Crippen LogP contribution in [0.15, 0.2) is 48.5 Å². The molecule has 0 saturated heterocycles. The number of carboxylic acids is 1. The van der Waals surface area contributed by atoms with Gasteiger partial charge in [0, 0.05) is 17.9 Å². The molecule has 0 heterocycles. The summed E-state index contributed by atoms with van der Waals surface area (Å²) < 4.78 is 0. The van der Waals surface area contributed by atoms with Crippen molar-refractivity contribution in [2.24, 2.45) is 0 Å². The Morgan fingerprint density at radius 2 is 1.89 bits per heavy atom. The van der Waals surface area contributed by atoms with Crippen LogP contribution >= 0.6 is 0 Å². The number of hydrogen-bond acceptors (Lipinski definition) is 3. The van der Waals surface area contributed by atoms with Crippen molar-refractivity contribution in [1.29, 1.82) is 0 Å². The van der Waals surface area contributed by atoms with Gasteiger partial charge >= 0.3 is 5.97 Å². The first-order valence-corrected chi connectivity index (χ1v) is 5.57. The van der Waals surface area contributed by atoms with Gasteiger partial charge in [-0.25, -0.2) is 4.79 Å². The smallest absolute Gasteiger partial charge is 0.337 e. The molecule has 18 heavy (non-hydrogen) atoms. The van der Waals surface area contributed by atoms with Crippen molar-refractivity contribution in [3.8, 4) is 0 Å². The lowest BCUT2D eigenvalue weighted by atomic mass is 10.1. The fourth-order valence-electron chi connectivity index (χ4n) is 1.67. The van der Waals surface area contributed by atoms with Gasteiger partial charge in [-0.1, -0.05) is 30.3 Å². The van der Waals surface area contributed by atoms with Gasteiger partial charge in [-0.15, -0.1) is 0 Å². The maximum absolute atomic E-state index is 10.8. The van der Waals surface area contributed by atoms with Gasteiger partial charge in [0.15, 0.2) is 0 Å². The first kappa shape index (κ1) is 12.0. The van der Waals surface area contributed by atoms with Crippen molar-refractivity contribution >= 4 is 17.3 Å². The number of carboxylic acid groups (broad SMARTS) is 1. The topological polar surface area (TPSA) is 75.3 Å². The predicted octanol–water partition coefficient (Wildman–Crippen LogP) is 2.58. The van der Waals surface area contributed by atoms with Crippen molar-refractivity contribution in [2.45, 2.75) is 6.54 Å². The summed E-state index contributed by atoms with van der Waals surface area (Å²) in [6.07, 6.45) is 0. The van der Waals surface area contributed by atoms with Crippen LogP contribution < -0.4 is 11.1 Å². The van der Waals surface area contributed by atoms with Crippen molar-refractivity contribution in [3.05, 3.63) is 59.7 Å². The molecule has 92 valence electrons. The summed E-state index contributed by atoms with van der Waals surface area (Å²) in [7, 11) is 0. The van der Waals surface area contributed by atoms with Crippen LogP contribution in [0.2, 0.25) is 0 Å². The Kier molecular flexibility index (Phi) is 3.48. The molecular formula is C14H14N2O2. The third-order valence-electron chi connectivity index (χ3n) is 2.62.